The van der Waals surface area contributed by atoms with Crippen LogP contribution in [0.2, 0.25) is 0 Å². The van der Waals surface area contributed by atoms with Crippen LogP contribution in [0.3, 0.4) is 0 Å². The minimum Gasteiger partial charge on any atom is -0.465 e. The molecule has 1 aliphatic heterocycles. The van der Waals surface area contributed by atoms with E-state index >= 15 is 0 Å². The minimum atomic E-state index is -0.375. The SMILES string of the molecule is O=C(C=Cc1ccco1)Nc1ccccc1C(=O)Nc1ccc2c(c1)OCO2. The minimum absolute atomic E-state index is 0.160. The van der Waals surface area contributed by atoms with Crippen LogP contribution in [0.25, 0.3) is 6.08 Å². The summed E-state index contributed by atoms with van der Waals surface area (Å²) in [4.78, 5) is 24.9. The number of furan rings is 1. The molecule has 0 unspecified atom stereocenters. The molecule has 0 radical (unpaired) electrons. The van der Waals surface area contributed by atoms with Gasteiger partial charge < -0.3 is 24.5 Å². The summed E-state index contributed by atoms with van der Waals surface area (Å²) >= 11 is 0. The highest BCUT2D eigenvalue weighted by Crippen LogP contribution is 2.34. The maximum atomic E-state index is 12.7. The van der Waals surface area contributed by atoms with Crippen LogP contribution < -0.4 is 20.1 Å². The van der Waals surface area contributed by atoms with Crippen LogP contribution in [0.4, 0.5) is 11.4 Å². The number of rotatable bonds is 5. The van der Waals surface area contributed by atoms with E-state index in [-0.39, 0.29) is 18.6 Å². The number of benzene rings is 2. The smallest absolute Gasteiger partial charge is 0.257 e. The topological polar surface area (TPSA) is 89.8 Å². The fourth-order valence-corrected chi connectivity index (χ4v) is 2.68. The lowest BCUT2D eigenvalue weighted by Gasteiger charge is -2.11. The number of fused-ring (bicyclic) bond motifs is 1. The van der Waals surface area contributed by atoms with Crippen molar-refractivity contribution >= 4 is 29.3 Å². The molecule has 0 saturated carbocycles. The molecule has 0 bridgehead atoms. The largest absolute Gasteiger partial charge is 0.465 e. The summed E-state index contributed by atoms with van der Waals surface area (Å²) in [7, 11) is 0. The Morgan fingerprint density at radius 1 is 0.929 bits per heavy atom. The lowest BCUT2D eigenvalue weighted by molar-refractivity contribution is -0.111. The van der Waals surface area contributed by atoms with Crippen LogP contribution in [0.1, 0.15) is 16.1 Å². The van der Waals surface area contributed by atoms with Gasteiger partial charge in [0.25, 0.3) is 5.91 Å². The Bertz CT molecular complexity index is 1040. The molecule has 7 nitrogen and oxygen atoms in total. The van der Waals surface area contributed by atoms with Crippen molar-refractivity contribution in [3.05, 3.63) is 78.3 Å². The Labute approximate surface area is 160 Å². The number of carbonyl (C=O) groups is 2. The fourth-order valence-electron chi connectivity index (χ4n) is 2.68. The van der Waals surface area contributed by atoms with Crippen LogP contribution >= 0.6 is 0 Å². The Kier molecular flexibility index (Phi) is 4.79. The van der Waals surface area contributed by atoms with Crippen molar-refractivity contribution < 1.29 is 23.5 Å². The van der Waals surface area contributed by atoms with Gasteiger partial charge in [0.15, 0.2) is 11.5 Å². The zero-order valence-corrected chi connectivity index (χ0v) is 14.7. The Hall–Kier alpha value is -4.00. The van der Waals surface area contributed by atoms with Crippen LogP contribution in [0, 0.1) is 0 Å². The van der Waals surface area contributed by atoms with E-state index in [0.29, 0.717) is 34.2 Å². The molecule has 0 saturated heterocycles. The lowest BCUT2D eigenvalue weighted by atomic mass is 10.1. The van der Waals surface area contributed by atoms with Gasteiger partial charge in [-0.25, -0.2) is 0 Å². The fraction of sp³-hybridized carbons (Fsp3) is 0.0476. The van der Waals surface area contributed by atoms with E-state index in [1.165, 1.54) is 12.3 Å². The van der Waals surface area contributed by atoms with E-state index in [1.807, 2.05) is 0 Å². The molecule has 2 amide bonds. The van der Waals surface area contributed by atoms with E-state index < -0.39 is 0 Å². The van der Waals surface area contributed by atoms with Crippen molar-refractivity contribution in [3.63, 3.8) is 0 Å². The summed E-state index contributed by atoms with van der Waals surface area (Å²) in [6.45, 7) is 0.160. The molecular weight excluding hydrogens is 360 g/mol. The summed E-state index contributed by atoms with van der Waals surface area (Å²) in [5, 5.41) is 5.51. The quantitative estimate of drug-likeness (QED) is 0.659. The number of nitrogens with one attached hydrogen (secondary N) is 2. The van der Waals surface area contributed by atoms with E-state index in [9.17, 15) is 9.59 Å². The highest BCUT2D eigenvalue weighted by atomic mass is 16.7. The van der Waals surface area contributed by atoms with Crippen molar-refractivity contribution in [2.75, 3.05) is 17.4 Å². The molecule has 7 heteroatoms. The van der Waals surface area contributed by atoms with Gasteiger partial charge in [0.05, 0.1) is 17.5 Å². The molecule has 2 N–H and O–H groups in total. The first kappa shape index (κ1) is 17.4. The molecular formula is C21H16N2O5. The van der Waals surface area contributed by atoms with Gasteiger partial charge in [0.1, 0.15) is 5.76 Å². The van der Waals surface area contributed by atoms with Crippen molar-refractivity contribution in [1.29, 1.82) is 0 Å². The molecule has 28 heavy (non-hydrogen) atoms. The summed E-state index contributed by atoms with van der Waals surface area (Å²) in [6.07, 6.45) is 4.41. The summed E-state index contributed by atoms with van der Waals surface area (Å²) < 4.78 is 15.7. The molecule has 140 valence electrons. The molecule has 0 atom stereocenters. The summed E-state index contributed by atoms with van der Waals surface area (Å²) in [5.74, 6) is 1.03. The summed E-state index contributed by atoms with van der Waals surface area (Å²) in [6, 6.07) is 15.4. The molecule has 1 aliphatic rings. The second kappa shape index (κ2) is 7.71. The van der Waals surface area contributed by atoms with E-state index in [0.717, 1.165) is 0 Å². The standard InChI is InChI=1S/C21H16N2O5/c24-20(10-8-15-4-3-11-26-15)23-17-6-2-1-5-16(17)21(25)22-14-7-9-18-19(12-14)28-13-27-18/h1-12H,13H2,(H,22,25)(H,23,24). The van der Waals surface area contributed by atoms with Gasteiger partial charge in [0, 0.05) is 17.8 Å². The first-order chi connectivity index (χ1) is 13.7. The van der Waals surface area contributed by atoms with Crippen molar-refractivity contribution in [2.45, 2.75) is 0 Å². The Balaban J connectivity index is 1.47. The van der Waals surface area contributed by atoms with E-state index in [2.05, 4.69) is 10.6 Å². The third kappa shape index (κ3) is 3.88. The average molecular weight is 376 g/mol. The first-order valence-electron chi connectivity index (χ1n) is 8.52. The number of carbonyl (C=O) groups excluding carboxylic acids is 2. The van der Waals surface area contributed by atoms with Gasteiger partial charge in [-0.15, -0.1) is 0 Å². The second-order valence-corrected chi connectivity index (χ2v) is 5.91. The number of anilines is 2. The van der Waals surface area contributed by atoms with Crippen molar-refractivity contribution in [2.24, 2.45) is 0 Å². The molecule has 1 aromatic heterocycles. The maximum Gasteiger partial charge on any atom is 0.257 e. The highest BCUT2D eigenvalue weighted by molar-refractivity contribution is 6.11. The van der Waals surface area contributed by atoms with Gasteiger partial charge in [-0.3, -0.25) is 9.59 Å². The van der Waals surface area contributed by atoms with Crippen LogP contribution in [-0.4, -0.2) is 18.6 Å². The van der Waals surface area contributed by atoms with Gasteiger partial charge in [-0.2, -0.15) is 0 Å². The Morgan fingerprint density at radius 3 is 2.64 bits per heavy atom. The molecule has 2 heterocycles. The van der Waals surface area contributed by atoms with Gasteiger partial charge >= 0.3 is 0 Å². The average Bonchev–Trinajstić information content (AvgIpc) is 3.38. The van der Waals surface area contributed by atoms with Crippen LogP contribution in [0.5, 0.6) is 11.5 Å². The van der Waals surface area contributed by atoms with E-state index in [1.54, 1.807) is 60.7 Å². The number of hydrogen-bond acceptors (Lipinski definition) is 5. The molecule has 0 aliphatic carbocycles. The van der Waals surface area contributed by atoms with Gasteiger partial charge in [-0.05, 0) is 42.5 Å². The zero-order valence-electron chi connectivity index (χ0n) is 14.7. The van der Waals surface area contributed by atoms with Crippen molar-refractivity contribution in [1.82, 2.24) is 0 Å². The van der Waals surface area contributed by atoms with Crippen LogP contribution in [0.15, 0.2) is 71.4 Å². The van der Waals surface area contributed by atoms with Crippen molar-refractivity contribution in [3.8, 4) is 11.5 Å². The third-order valence-corrected chi connectivity index (χ3v) is 4.00. The van der Waals surface area contributed by atoms with Gasteiger partial charge in [-0.1, -0.05) is 12.1 Å². The predicted octanol–water partition coefficient (Wildman–Crippen LogP) is 3.91. The Morgan fingerprint density at radius 2 is 1.79 bits per heavy atom. The second-order valence-electron chi connectivity index (χ2n) is 5.91. The number of para-hydroxylation sites is 1. The third-order valence-electron chi connectivity index (χ3n) is 4.00. The highest BCUT2D eigenvalue weighted by Gasteiger charge is 2.16. The van der Waals surface area contributed by atoms with Gasteiger partial charge in [0.2, 0.25) is 12.7 Å². The normalized spacial score (nSPS) is 12.1. The van der Waals surface area contributed by atoms with E-state index in [4.69, 9.17) is 13.9 Å². The number of amides is 2. The maximum absolute atomic E-state index is 12.7. The molecule has 0 fully saturated rings. The zero-order chi connectivity index (χ0) is 19.3. The lowest BCUT2D eigenvalue weighted by Crippen LogP contribution is -2.17. The molecule has 3 aromatic rings. The number of hydrogen-bond donors (Lipinski definition) is 2. The predicted molar refractivity (Wildman–Crippen MR) is 103 cm³/mol. The molecule has 2 aromatic carbocycles. The summed E-state index contributed by atoms with van der Waals surface area (Å²) in [5.41, 5.74) is 1.29. The first-order valence-corrected chi connectivity index (χ1v) is 8.52. The molecule has 4 rings (SSSR count). The number of ether oxygens (including phenoxy) is 2. The molecule has 0 spiro atoms. The monoisotopic (exact) mass is 376 g/mol. The van der Waals surface area contributed by atoms with Crippen LogP contribution in [-0.2, 0) is 4.79 Å².